The van der Waals surface area contributed by atoms with E-state index >= 15 is 0 Å². The van der Waals surface area contributed by atoms with Crippen LogP contribution in [0.5, 0.6) is 11.5 Å². The summed E-state index contributed by atoms with van der Waals surface area (Å²) in [4.78, 5) is 16.7. The minimum absolute atomic E-state index is 0.0132. The maximum Gasteiger partial charge on any atom is 0.166 e. The summed E-state index contributed by atoms with van der Waals surface area (Å²) in [5, 5.41) is 35.7. The molecule has 8 nitrogen and oxygen atoms in total. The maximum atomic E-state index is 14.5. The van der Waals surface area contributed by atoms with Gasteiger partial charge in [0.05, 0.1) is 45.2 Å². The van der Waals surface area contributed by atoms with Crippen molar-refractivity contribution in [2.45, 2.75) is 128 Å². The Kier molecular flexibility index (Phi) is 14.5. The summed E-state index contributed by atoms with van der Waals surface area (Å²) in [7, 11) is 3.28. The molecule has 5 atom stereocenters. The molecule has 0 heterocycles. The zero-order valence-electron chi connectivity index (χ0n) is 34.2. The Morgan fingerprint density at radius 1 is 0.946 bits per heavy atom. The largest absolute Gasteiger partial charge is 0.497 e. The van der Waals surface area contributed by atoms with Gasteiger partial charge >= 0.3 is 0 Å². The van der Waals surface area contributed by atoms with Crippen LogP contribution in [-0.2, 0) is 24.3 Å². The van der Waals surface area contributed by atoms with Crippen molar-refractivity contribution in [1.29, 1.82) is 0 Å². The fourth-order valence-corrected chi connectivity index (χ4v) is 9.81. The number of allylic oxidation sites excluding steroid dienone is 2. The number of carbonyl (C=O) groups excluding carboxylic acids is 1. The second-order valence-electron chi connectivity index (χ2n) is 17.1. The van der Waals surface area contributed by atoms with Crippen LogP contribution in [0.4, 0.5) is 0 Å². The molecule has 0 aliphatic heterocycles. The molecule has 0 saturated heterocycles. The molecule has 3 aromatic rings. The molecule has 4 aliphatic rings. The predicted octanol–water partition coefficient (Wildman–Crippen LogP) is 8.59. The third-order valence-corrected chi connectivity index (χ3v) is 13.2. The van der Waals surface area contributed by atoms with Gasteiger partial charge in [-0.2, -0.15) is 0 Å². The molecule has 4 aliphatic carbocycles. The van der Waals surface area contributed by atoms with Crippen molar-refractivity contribution >= 4 is 5.78 Å². The Morgan fingerprint density at radius 3 is 2.48 bits per heavy atom. The van der Waals surface area contributed by atoms with Gasteiger partial charge in [-0.3, -0.25) is 9.69 Å². The van der Waals surface area contributed by atoms with E-state index in [1.54, 1.807) is 14.2 Å². The minimum atomic E-state index is -1.14. The van der Waals surface area contributed by atoms with Gasteiger partial charge < -0.3 is 29.5 Å². The molecule has 8 heteroatoms. The monoisotopic (exact) mass is 767 g/mol. The summed E-state index contributed by atoms with van der Waals surface area (Å²) >= 11 is 0. The molecule has 56 heavy (non-hydrogen) atoms. The lowest BCUT2D eigenvalue weighted by molar-refractivity contribution is -0.0924. The van der Waals surface area contributed by atoms with Crippen LogP contribution in [0.3, 0.4) is 0 Å². The Bertz CT molecular complexity index is 1770. The number of nitrogens with zero attached hydrogens (tertiary/aromatic N) is 1. The molecule has 2 fully saturated rings. The lowest BCUT2D eigenvalue weighted by Crippen LogP contribution is -2.53. The third kappa shape index (κ3) is 10.1. The van der Waals surface area contributed by atoms with Crippen molar-refractivity contribution in [2.24, 2.45) is 11.3 Å². The highest BCUT2D eigenvalue weighted by molar-refractivity contribution is 5.99. The van der Waals surface area contributed by atoms with Gasteiger partial charge in [0.2, 0.25) is 0 Å². The van der Waals surface area contributed by atoms with E-state index in [-0.39, 0.29) is 30.8 Å². The van der Waals surface area contributed by atoms with E-state index in [1.807, 2.05) is 48.5 Å². The van der Waals surface area contributed by atoms with Crippen LogP contribution in [-0.4, -0.2) is 77.7 Å². The van der Waals surface area contributed by atoms with E-state index in [0.717, 1.165) is 79.2 Å². The van der Waals surface area contributed by atoms with Crippen LogP contribution < -0.4 is 9.47 Å². The standard InChI is InChI=1S/C48H65NO7/c1-34-12-11-24-47(2)44(42-22-18-36(26-39(50)20-17-34)27-43(42)46(52)37-15-9-6-10-16-37)23-25-48(47,53)33-49(29-38-19-21-41(54-3)28-45(38)55-4)30-40(51)32-56-31-35-13-7-5-8-14-35/h5,7-8,12-14,18-19,21-22,27-28,37,39-40,44,50-51,53H,6,9-11,15-17,20,23-26,29-33H2,1-4H3/t39-,40+,44-,47-,48+/m0/s1. The van der Waals surface area contributed by atoms with E-state index in [9.17, 15) is 20.1 Å². The fourth-order valence-electron chi connectivity index (χ4n) is 9.81. The molecule has 7 rings (SSSR count). The molecule has 0 amide bonds. The van der Waals surface area contributed by atoms with Gasteiger partial charge in [0, 0.05) is 48.2 Å². The molecule has 3 aromatic carbocycles. The Morgan fingerprint density at radius 2 is 1.73 bits per heavy atom. The predicted molar refractivity (Wildman–Crippen MR) is 221 cm³/mol. The lowest BCUT2D eigenvalue weighted by Gasteiger charge is -2.46. The van der Waals surface area contributed by atoms with Crippen molar-refractivity contribution in [3.8, 4) is 11.5 Å². The van der Waals surface area contributed by atoms with Crippen LogP contribution in [0.2, 0.25) is 0 Å². The van der Waals surface area contributed by atoms with Crippen molar-refractivity contribution in [3.05, 3.63) is 106 Å². The highest BCUT2D eigenvalue weighted by atomic mass is 16.5. The number of carbonyl (C=O) groups is 1. The van der Waals surface area contributed by atoms with Gasteiger partial charge in [-0.1, -0.05) is 86.4 Å². The fraction of sp³-hybridized carbons (Fsp3) is 0.562. The van der Waals surface area contributed by atoms with Gasteiger partial charge in [0.25, 0.3) is 0 Å². The first-order valence-corrected chi connectivity index (χ1v) is 21.0. The van der Waals surface area contributed by atoms with Crippen LogP contribution in [0.1, 0.15) is 123 Å². The van der Waals surface area contributed by atoms with Gasteiger partial charge in [0.15, 0.2) is 5.78 Å². The normalized spacial score (nSPS) is 25.3. The zero-order chi connectivity index (χ0) is 39.7. The number of aliphatic hydroxyl groups is 3. The zero-order valence-corrected chi connectivity index (χ0v) is 34.2. The Labute approximate surface area is 334 Å². The number of Topliss-reactive ketones (excluding diaryl/α,β-unsaturated/α-hetero) is 1. The SMILES string of the molecule is COc1ccc(CN(C[C@@H](O)COCc2ccccc2)C[C@]2(O)CC[C@H]3c4ccc(cc4C(=O)C4CCCCC4)C[C@@H](O)CCC(C)=CCC[C@@]32C)c(OC)c1. The topological polar surface area (TPSA) is 109 Å². The molecule has 3 N–H and O–H groups in total. The molecule has 0 radical (unpaired) electrons. The van der Waals surface area contributed by atoms with Crippen LogP contribution in [0.15, 0.2) is 78.4 Å². The summed E-state index contributed by atoms with van der Waals surface area (Å²) in [6.45, 7) is 5.98. The van der Waals surface area contributed by atoms with E-state index in [4.69, 9.17) is 14.2 Å². The molecule has 2 saturated carbocycles. The van der Waals surface area contributed by atoms with E-state index < -0.39 is 23.2 Å². The lowest BCUT2D eigenvalue weighted by atomic mass is 9.64. The summed E-state index contributed by atoms with van der Waals surface area (Å²) in [6, 6.07) is 22.1. The summed E-state index contributed by atoms with van der Waals surface area (Å²) in [5.74, 6) is 1.56. The number of fused-ring (bicyclic) bond motifs is 8. The summed E-state index contributed by atoms with van der Waals surface area (Å²) in [5.41, 5.74) is 4.31. The first-order valence-electron chi connectivity index (χ1n) is 21.0. The number of aliphatic hydroxyl groups excluding tert-OH is 2. The second kappa shape index (κ2) is 19.3. The van der Waals surface area contributed by atoms with E-state index in [1.165, 1.54) is 12.0 Å². The van der Waals surface area contributed by atoms with Gasteiger partial charge in [-0.05, 0) is 99.5 Å². The number of methoxy groups -OCH3 is 2. The van der Waals surface area contributed by atoms with Crippen LogP contribution in [0.25, 0.3) is 0 Å². The van der Waals surface area contributed by atoms with Crippen molar-refractivity contribution in [3.63, 3.8) is 0 Å². The molecular weight excluding hydrogens is 703 g/mol. The van der Waals surface area contributed by atoms with Crippen molar-refractivity contribution in [2.75, 3.05) is 33.9 Å². The highest BCUT2D eigenvalue weighted by Gasteiger charge is 2.57. The number of benzene rings is 3. The molecule has 0 aromatic heterocycles. The first kappa shape index (κ1) is 42.1. The smallest absolute Gasteiger partial charge is 0.166 e. The minimum Gasteiger partial charge on any atom is -0.497 e. The molecule has 0 spiro atoms. The summed E-state index contributed by atoms with van der Waals surface area (Å²) in [6.07, 6.45) is 11.0. The molecule has 304 valence electrons. The summed E-state index contributed by atoms with van der Waals surface area (Å²) < 4.78 is 17.3. The number of rotatable bonds is 14. The number of ether oxygens (including phenoxy) is 3. The molecule has 2 bridgehead atoms. The number of hydrogen-bond acceptors (Lipinski definition) is 8. The third-order valence-electron chi connectivity index (χ3n) is 13.2. The average Bonchev–Trinajstić information content (AvgIpc) is 3.45. The Balaban J connectivity index is 1.34. The van der Waals surface area contributed by atoms with Crippen molar-refractivity contribution in [1.82, 2.24) is 4.90 Å². The Hall–Kier alpha value is -3.53. The first-order chi connectivity index (χ1) is 27.0. The van der Waals surface area contributed by atoms with Gasteiger partial charge in [0.1, 0.15) is 11.5 Å². The number of ketones is 1. The molecule has 0 unspecified atom stereocenters. The van der Waals surface area contributed by atoms with Crippen LogP contribution in [0, 0.1) is 11.3 Å². The average molecular weight is 768 g/mol. The van der Waals surface area contributed by atoms with Gasteiger partial charge in [-0.15, -0.1) is 0 Å². The number of hydrogen-bond donors (Lipinski definition) is 3. The highest BCUT2D eigenvalue weighted by Crippen LogP contribution is 2.59. The van der Waals surface area contributed by atoms with Gasteiger partial charge in [-0.25, -0.2) is 0 Å². The second-order valence-corrected chi connectivity index (χ2v) is 17.1. The van der Waals surface area contributed by atoms with E-state index in [0.29, 0.717) is 50.5 Å². The molecular formula is C48H65NO7. The van der Waals surface area contributed by atoms with E-state index in [2.05, 4.69) is 43.0 Å². The van der Waals surface area contributed by atoms with Crippen LogP contribution >= 0.6 is 0 Å². The maximum absolute atomic E-state index is 14.5. The van der Waals surface area contributed by atoms with Crippen molar-refractivity contribution < 1.29 is 34.3 Å². The quantitative estimate of drug-likeness (QED) is 0.111.